The third-order valence-electron chi connectivity index (χ3n) is 8.82. The molecule has 0 aliphatic heterocycles. The first-order valence-corrected chi connectivity index (χ1v) is 18.9. The highest BCUT2D eigenvalue weighted by atomic mass is 16.7. The molecule has 1 heterocycles. The van der Waals surface area contributed by atoms with Gasteiger partial charge in [0.1, 0.15) is 24.3 Å². The van der Waals surface area contributed by atoms with Crippen molar-refractivity contribution >= 4 is 40.9 Å². The van der Waals surface area contributed by atoms with Crippen LogP contribution in [0.25, 0.3) is 10.9 Å². The molecule has 0 bridgehead atoms. The van der Waals surface area contributed by atoms with E-state index in [-0.39, 0.29) is 45.9 Å². The molecular weight excluding hydrogens is 732 g/mol. The minimum atomic E-state index is -1.37. The van der Waals surface area contributed by atoms with Crippen molar-refractivity contribution in [2.45, 2.75) is 85.1 Å². The maximum Gasteiger partial charge on any atom is 0.419 e. The van der Waals surface area contributed by atoms with E-state index in [9.17, 15) is 24.0 Å². The summed E-state index contributed by atoms with van der Waals surface area (Å²) in [6.07, 6.45) is -0.762. The van der Waals surface area contributed by atoms with Gasteiger partial charge in [0.2, 0.25) is 11.8 Å². The summed E-state index contributed by atoms with van der Waals surface area (Å²) in [4.78, 5) is 71.4. The molecule has 1 N–H and O–H groups in total. The van der Waals surface area contributed by atoms with Gasteiger partial charge >= 0.3 is 18.2 Å². The van der Waals surface area contributed by atoms with E-state index in [1.54, 1.807) is 65.1 Å². The molecule has 3 amide bonds. The lowest BCUT2D eigenvalue weighted by Gasteiger charge is -2.36. The molecule has 14 nitrogen and oxygen atoms in total. The zero-order chi connectivity index (χ0) is 41.5. The summed E-state index contributed by atoms with van der Waals surface area (Å²) in [7, 11) is 1.20. The van der Waals surface area contributed by atoms with Crippen LogP contribution in [-0.2, 0) is 57.6 Å². The Hall–Kier alpha value is -5.73. The lowest BCUT2D eigenvalue weighted by molar-refractivity contribution is -0.165. The van der Waals surface area contributed by atoms with Gasteiger partial charge in [-0.05, 0) is 57.4 Å². The molecular formula is C43H54N4O10. The number of carbonyl (C=O) groups is 5. The van der Waals surface area contributed by atoms with Gasteiger partial charge in [0.15, 0.2) is 6.29 Å². The fourth-order valence-electron chi connectivity index (χ4n) is 6.21. The Labute approximate surface area is 333 Å². The standard InChI is InChI=1S/C43H54N4O10/c1-8-54-38(55-9-2)28-46(30(3)48)37(27-45(25-31-18-12-10-13-19-31)41(51)56-29-32-20-14-11-15-21-32)39(49)44-35(40(50)53-7)24-33-26-47(42(52)57-43(4,5)6)36-23-17-16-22-34(33)36/h10-23,26,35,37-38H,8-9,24-25,27-29H2,1-7H3,(H,44,49)/t35-,37+/m0/s1. The molecule has 14 heteroatoms. The summed E-state index contributed by atoms with van der Waals surface area (Å²) < 4.78 is 29.4. The topological polar surface area (TPSA) is 155 Å². The number of fused-ring (bicyclic) bond motifs is 1. The predicted molar refractivity (Wildman–Crippen MR) is 213 cm³/mol. The SMILES string of the molecule is CCOC(CN(C(C)=O)[C@H](CN(Cc1ccccc1)C(=O)OCc1ccccc1)C(=O)N[C@@H](Cc1cn(C(=O)OC(C)(C)C)c2ccccc12)C(=O)OC)OCC. The van der Waals surface area contributed by atoms with E-state index in [0.717, 1.165) is 11.1 Å². The summed E-state index contributed by atoms with van der Waals surface area (Å²) in [6, 6.07) is 22.8. The molecule has 0 aliphatic carbocycles. The van der Waals surface area contributed by atoms with Crippen LogP contribution < -0.4 is 5.32 Å². The molecule has 2 atom stereocenters. The van der Waals surface area contributed by atoms with E-state index in [1.807, 2.05) is 60.7 Å². The molecule has 3 aromatic carbocycles. The number of nitrogens with one attached hydrogen (secondary N) is 1. The van der Waals surface area contributed by atoms with Crippen molar-refractivity contribution in [1.82, 2.24) is 19.7 Å². The van der Waals surface area contributed by atoms with E-state index in [0.29, 0.717) is 16.5 Å². The summed E-state index contributed by atoms with van der Waals surface area (Å²) in [5, 5.41) is 3.46. The van der Waals surface area contributed by atoms with Crippen LogP contribution in [0.3, 0.4) is 0 Å². The molecule has 0 radical (unpaired) electrons. The van der Waals surface area contributed by atoms with E-state index in [4.69, 9.17) is 23.7 Å². The van der Waals surface area contributed by atoms with Gasteiger partial charge in [-0.3, -0.25) is 14.2 Å². The Bertz CT molecular complexity index is 1940. The van der Waals surface area contributed by atoms with Crippen molar-refractivity contribution < 1.29 is 47.7 Å². The van der Waals surface area contributed by atoms with Crippen molar-refractivity contribution in [2.24, 2.45) is 0 Å². The lowest BCUT2D eigenvalue weighted by Crippen LogP contribution is -2.59. The minimum Gasteiger partial charge on any atom is -0.467 e. The number of amides is 3. The van der Waals surface area contributed by atoms with Gasteiger partial charge in [-0.2, -0.15) is 0 Å². The van der Waals surface area contributed by atoms with Crippen LogP contribution in [0.5, 0.6) is 0 Å². The quantitative estimate of drug-likeness (QED) is 0.0713. The fourth-order valence-corrected chi connectivity index (χ4v) is 6.21. The molecule has 0 spiro atoms. The second-order valence-electron chi connectivity index (χ2n) is 14.2. The van der Waals surface area contributed by atoms with E-state index in [1.165, 1.54) is 28.4 Å². The third-order valence-corrected chi connectivity index (χ3v) is 8.82. The van der Waals surface area contributed by atoms with Crippen molar-refractivity contribution in [2.75, 3.05) is 33.4 Å². The van der Waals surface area contributed by atoms with E-state index < -0.39 is 53.9 Å². The van der Waals surface area contributed by atoms with Crippen LogP contribution in [0.4, 0.5) is 9.59 Å². The van der Waals surface area contributed by atoms with Crippen molar-refractivity contribution in [3.63, 3.8) is 0 Å². The van der Waals surface area contributed by atoms with Gasteiger partial charge in [-0.25, -0.2) is 14.4 Å². The van der Waals surface area contributed by atoms with Crippen LogP contribution in [0.2, 0.25) is 0 Å². The zero-order valence-corrected chi connectivity index (χ0v) is 33.8. The smallest absolute Gasteiger partial charge is 0.419 e. The number of nitrogens with zero attached hydrogens (tertiary/aromatic N) is 3. The maximum absolute atomic E-state index is 14.7. The number of hydrogen-bond acceptors (Lipinski definition) is 10. The molecule has 306 valence electrons. The number of esters is 1. The first-order chi connectivity index (χ1) is 27.2. The van der Waals surface area contributed by atoms with Gasteiger partial charge in [0.25, 0.3) is 0 Å². The number of aromatic nitrogens is 1. The van der Waals surface area contributed by atoms with Crippen LogP contribution in [-0.4, -0.2) is 102 Å². The number of rotatable bonds is 18. The average molecular weight is 787 g/mol. The third kappa shape index (κ3) is 12.9. The molecule has 4 aromatic rings. The summed E-state index contributed by atoms with van der Waals surface area (Å²) in [6.45, 7) is 10.2. The van der Waals surface area contributed by atoms with Gasteiger partial charge in [-0.1, -0.05) is 78.9 Å². The minimum absolute atomic E-state index is 0.0314. The fraction of sp³-hybridized carbons (Fsp3) is 0.419. The molecule has 4 rings (SSSR count). The molecule has 0 saturated carbocycles. The molecule has 0 saturated heterocycles. The molecule has 0 aliphatic rings. The largest absolute Gasteiger partial charge is 0.467 e. The second kappa shape index (κ2) is 21.0. The number of hydrogen-bond donors (Lipinski definition) is 1. The Kier molecular flexibility index (Phi) is 16.2. The lowest BCUT2D eigenvalue weighted by atomic mass is 10.0. The number of ether oxygens (including phenoxy) is 5. The Morgan fingerprint density at radius 1 is 0.807 bits per heavy atom. The number of benzene rings is 3. The van der Waals surface area contributed by atoms with Gasteiger partial charge in [0.05, 0.1) is 25.7 Å². The normalized spacial score (nSPS) is 12.4. The molecule has 1 aromatic heterocycles. The van der Waals surface area contributed by atoms with Gasteiger partial charge < -0.3 is 38.8 Å². The van der Waals surface area contributed by atoms with Crippen LogP contribution in [0, 0.1) is 0 Å². The van der Waals surface area contributed by atoms with Crippen LogP contribution in [0.15, 0.2) is 91.1 Å². The van der Waals surface area contributed by atoms with Crippen molar-refractivity contribution in [1.29, 1.82) is 0 Å². The van der Waals surface area contributed by atoms with E-state index >= 15 is 0 Å². The highest BCUT2D eigenvalue weighted by molar-refractivity contribution is 5.94. The Morgan fingerprint density at radius 2 is 1.40 bits per heavy atom. The Balaban J connectivity index is 1.73. The predicted octanol–water partition coefficient (Wildman–Crippen LogP) is 6.08. The maximum atomic E-state index is 14.7. The summed E-state index contributed by atoms with van der Waals surface area (Å²) >= 11 is 0. The number of methoxy groups -OCH3 is 1. The first kappa shape index (κ1) is 44.0. The summed E-state index contributed by atoms with van der Waals surface area (Å²) in [5.74, 6) is -2.03. The monoisotopic (exact) mass is 786 g/mol. The van der Waals surface area contributed by atoms with Gasteiger partial charge in [-0.15, -0.1) is 0 Å². The molecule has 0 unspecified atom stereocenters. The number of para-hydroxylation sites is 1. The summed E-state index contributed by atoms with van der Waals surface area (Å²) in [5.41, 5.74) is 1.83. The number of carbonyl (C=O) groups excluding carboxylic acids is 5. The Morgan fingerprint density at radius 3 is 1.98 bits per heavy atom. The first-order valence-electron chi connectivity index (χ1n) is 18.9. The zero-order valence-electron chi connectivity index (χ0n) is 33.8. The molecule has 0 fully saturated rings. The van der Waals surface area contributed by atoms with E-state index in [2.05, 4.69) is 5.32 Å². The van der Waals surface area contributed by atoms with Crippen LogP contribution >= 0.6 is 0 Å². The van der Waals surface area contributed by atoms with Gasteiger partial charge in [0, 0.05) is 44.7 Å². The highest BCUT2D eigenvalue weighted by Crippen LogP contribution is 2.25. The molecule has 57 heavy (non-hydrogen) atoms. The van der Waals surface area contributed by atoms with Crippen LogP contribution in [0.1, 0.15) is 58.2 Å². The van der Waals surface area contributed by atoms with Crippen molar-refractivity contribution in [3.05, 3.63) is 108 Å². The highest BCUT2D eigenvalue weighted by Gasteiger charge is 2.37. The average Bonchev–Trinajstić information content (AvgIpc) is 3.55. The van der Waals surface area contributed by atoms with Crippen molar-refractivity contribution in [3.8, 4) is 0 Å². The second-order valence-corrected chi connectivity index (χ2v) is 14.2.